The molecular formula is C25H42O4. The lowest BCUT2D eigenvalue weighted by Crippen LogP contribution is -2.62. The van der Waals surface area contributed by atoms with E-state index >= 15 is 0 Å². The van der Waals surface area contributed by atoms with E-state index in [0.29, 0.717) is 29.6 Å². The average molecular weight is 407 g/mol. The first-order chi connectivity index (χ1) is 13.5. The molecule has 29 heavy (non-hydrogen) atoms. The van der Waals surface area contributed by atoms with E-state index in [9.17, 15) is 15.0 Å². The minimum atomic E-state index is -0.686. The predicted molar refractivity (Wildman–Crippen MR) is 113 cm³/mol. The van der Waals surface area contributed by atoms with Gasteiger partial charge < -0.3 is 15.3 Å². The van der Waals surface area contributed by atoms with Crippen LogP contribution in [-0.2, 0) is 4.79 Å². The summed E-state index contributed by atoms with van der Waals surface area (Å²) in [7, 11) is 0. The summed E-state index contributed by atoms with van der Waals surface area (Å²) < 4.78 is 0. The zero-order chi connectivity index (χ0) is 21.2. The summed E-state index contributed by atoms with van der Waals surface area (Å²) in [4.78, 5) is 11.1. The predicted octanol–water partition coefficient (Wildman–Crippen LogP) is 4.87. The van der Waals surface area contributed by atoms with E-state index in [1.807, 2.05) is 0 Å². The Balaban J connectivity index is 1.59. The Bertz CT molecular complexity index is 649. The maximum atomic E-state index is 11.4. The van der Waals surface area contributed by atoms with Gasteiger partial charge in [-0.2, -0.15) is 0 Å². The molecule has 4 fully saturated rings. The molecule has 10 atom stereocenters. The number of hydrogen-bond acceptors (Lipinski definition) is 3. The SMILES string of the molecule is C[C@H](CCC(=O)O)[C@H]1CCC2C3C(CC[C@@]21C)[C@@]1(C)CC[C@@H](O)C[C@@]1(C)C[C@@H]3O. The van der Waals surface area contributed by atoms with Crippen LogP contribution in [0.5, 0.6) is 0 Å². The van der Waals surface area contributed by atoms with Crippen molar-refractivity contribution in [1.29, 1.82) is 0 Å². The van der Waals surface area contributed by atoms with E-state index in [1.54, 1.807) is 0 Å². The van der Waals surface area contributed by atoms with Crippen LogP contribution in [0.15, 0.2) is 0 Å². The first-order valence-corrected chi connectivity index (χ1v) is 12.1. The summed E-state index contributed by atoms with van der Waals surface area (Å²) in [5.74, 6) is 1.81. The van der Waals surface area contributed by atoms with E-state index in [2.05, 4.69) is 27.7 Å². The number of fused-ring (bicyclic) bond motifs is 5. The van der Waals surface area contributed by atoms with Crippen molar-refractivity contribution in [3.05, 3.63) is 0 Å². The highest BCUT2D eigenvalue weighted by Crippen LogP contribution is 2.71. The van der Waals surface area contributed by atoms with Crippen LogP contribution in [0.25, 0.3) is 0 Å². The van der Waals surface area contributed by atoms with Crippen molar-refractivity contribution < 1.29 is 20.1 Å². The molecule has 4 rings (SSSR count). The molecule has 0 aromatic carbocycles. The Kier molecular flexibility index (Phi) is 5.38. The number of aliphatic carboxylic acids is 1. The molecule has 0 aromatic heterocycles. The van der Waals surface area contributed by atoms with Crippen molar-refractivity contribution in [3.8, 4) is 0 Å². The van der Waals surface area contributed by atoms with Gasteiger partial charge in [0.2, 0.25) is 0 Å². The van der Waals surface area contributed by atoms with Crippen molar-refractivity contribution in [2.24, 2.45) is 45.8 Å². The lowest BCUT2D eigenvalue weighted by atomic mass is 9.39. The van der Waals surface area contributed by atoms with E-state index in [1.165, 1.54) is 25.7 Å². The molecule has 0 heterocycles. The zero-order valence-corrected chi connectivity index (χ0v) is 18.9. The monoisotopic (exact) mass is 406 g/mol. The Morgan fingerprint density at radius 1 is 1.00 bits per heavy atom. The van der Waals surface area contributed by atoms with Crippen molar-refractivity contribution in [2.75, 3.05) is 0 Å². The number of aliphatic hydroxyl groups excluding tert-OH is 2. The Morgan fingerprint density at radius 3 is 2.41 bits per heavy atom. The maximum absolute atomic E-state index is 11.4. The fourth-order valence-electron chi connectivity index (χ4n) is 9.17. The van der Waals surface area contributed by atoms with Crippen LogP contribution in [0.4, 0.5) is 0 Å². The highest BCUT2D eigenvalue weighted by molar-refractivity contribution is 5.66. The maximum Gasteiger partial charge on any atom is 0.303 e. The van der Waals surface area contributed by atoms with E-state index < -0.39 is 5.97 Å². The summed E-state index contributed by atoms with van der Waals surface area (Å²) >= 11 is 0. The summed E-state index contributed by atoms with van der Waals surface area (Å²) in [6.45, 7) is 9.50. The standard InChI is InChI=1S/C25H42O4/c1-15(5-8-21(28)29)17-6-7-18-22-19(10-11-24(17,18)3)25(4)12-9-16(26)13-23(25,2)14-20(22)27/h15-20,22,26-27H,5-14H2,1-4H3,(H,28,29)/t15-,16-,17-,18?,19?,20+,22?,23+,24-,25-/m1/s1. The first-order valence-electron chi connectivity index (χ1n) is 12.1. The third-order valence-electron chi connectivity index (χ3n) is 10.9. The van der Waals surface area contributed by atoms with Gasteiger partial charge in [0.15, 0.2) is 0 Å². The molecule has 4 saturated carbocycles. The second-order valence-electron chi connectivity index (χ2n) is 12.1. The third kappa shape index (κ3) is 3.19. The van der Waals surface area contributed by atoms with E-state index in [4.69, 9.17) is 5.11 Å². The Labute approximate surface area is 176 Å². The zero-order valence-electron chi connectivity index (χ0n) is 18.9. The molecule has 4 aliphatic rings. The third-order valence-corrected chi connectivity index (χ3v) is 10.9. The minimum Gasteiger partial charge on any atom is -0.481 e. The van der Waals surface area contributed by atoms with Gasteiger partial charge in [-0.25, -0.2) is 0 Å². The number of carboxylic acid groups (broad SMARTS) is 1. The molecule has 4 nitrogen and oxygen atoms in total. The highest BCUT2D eigenvalue weighted by Gasteiger charge is 2.65. The molecule has 0 spiro atoms. The summed E-state index contributed by atoms with van der Waals surface area (Å²) in [6, 6.07) is 0. The molecule has 3 N–H and O–H groups in total. The fraction of sp³-hybridized carbons (Fsp3) is 0.960. The van der Waals surface area contributed by atoms with Crippen LogP contribution in [0.3, 0.4) is 0 Å². The van der Waals surface area contributed by atoms with Gasteiger partial charge in [-0.1, -0.05) is 27.7 Å². The van der Waals surface area contributed by atoms with Gasteiger partial charge in [-0.15, -0.1) is 0 Å². The fourth-order valence-corrected chi connectivity index (χ4v) is 9.17. The summed E-state index contributed by atoms with van der Waals surface area (Å²) in [5.41, 5.74) is 0.481. The van der Waals surface area contributed by atoms with Crippen molar-refractivity contribution in [1.82, 2.24) is 0 Å². The molecule has 0 saturated heterocycles. The van der Waals surface area contributed by atoms with Gasteiger partial charge in [0, 0.05) is 6.42 Å². The van der Waals surface area contributed by atoms with Gasteiger partial charge in [0.25, 0.3) is 0 Å². The molecule has 0 radical (unpaired) electrons. The summed E-state index contributed by atoms with van der Waals surface area (Å²) in [6.07, 6.45) is 8.98. The van der Waals surface area contributed by atoms with Gasteiger partial charge >= 0.3 is 5.97 Å². The number of carbonyl (C=O) groups is 1. The molecular weight excluding hydrogens is 364 g/mol. The number of hydrogen-bond donors (Lipinski definition) is 3. The Morgan fingerprint density at radius 2 is 1.72 bits per heavy atom. The molecule has 0 bridgehead atoms. The van der Waals surface area contributed by atoms with Crippen molar-refractivity contribution in [2.45, 2.75) is 104 Å². The van der Waals surface area contributed by atoms with Gasteiger partial charge in [0.1, 0.15) is 0 Å². The molecule has 3 unspecified atom stereocenters. The van der Waals surface area contributed by atoms with Crippen LogP contribution in [-0.4, -0.2) is 33.5 Å². The second kappa shape index (κ2) is 7.22. The lowest BCUT2D eigenvalue weighted by molar-refractivity contribution is -0.210. The van der Waals surface area contributed by atoms with Crippen LogP contribution in [0, 0.1) is 45.8 Å². The Hall–Kier alpha value is -0.610. The van der Waals surface area contributed by atoms with Gasteiger partial charge in [-0.05, 0) is 104 Å². The van der Waals surface area contributed by atoms with Crippen LogP contribution in [0.1, 0.15) is 91.9 Å². The van der Waals surface area contributed by atoms with Crippen LogP contribution in [0.2, 0.25) is 0 Å². The first kappa shape index (κ1) is 21.6. The summed E-state index contributed by atoms with van der Waals surface area (Å²) in [5, 5.41) is 30.9. The van der Waals surface area contributed by atoms with Crippen molar-refractivity contribution in [3.63, 3.8) is 0 Å². The van der Waals surface area contributed by atoms with E-state index in [-0.39, 0.29) is 34.9 Å². The minimum absolute atomic E-state index is 0.0335. The molecule has 166 valence electrons. The molecule has 4 aliphatic carbocycles. The quantitative estimate of drug-likeness (QED) is 0.622. The van der Waals surface area contributed by atoms with Gasteiger partial charge in [-0.3, -0.25) is 4.79 Å². The van der Waals surface area contributed by atoms with Crippen LogP contribution < -0.4 is 0 Å². The smallest absolute Gasteiger partial charge is 0.303 e. The largest absolute Gasteiger partial charge is 0.481 e. The lowest BCUT2D eigenvalue weighted by Gasteiger charge is -2.66. The second-order valence-corrected chi connectivity index (χ2v) is 12.1. The molecule has 0 aliphatic heterocycles. The number of carboxylic acids is 1. The highest BCUT2D eigenvalue weighted by atomic mass is 16.4. The topological polar surface area (TPSA) is 77.8 Å². The molecule has 4 heteroatoms. The molecule has 0 amide bonds. The van der Waals surface area contributed by atoms with Crippen LogP contribution >= 0.6 is 0 Å². The van der Waals surface area contributed by atoms with Gasteiger partial charge in [0.05, 0.1) is 12.2 Å². The molecule has 0 aromatic rings. The van der Waals surface area contributed by atoms with Crippen molar-refractivity contribution >= 4 is 5.97 Å². The normalized spacial score (nSPS) is 52.9. The van der Waals surface area contributed by atoms with E-state index in [0.717, 1.165) is 32.1 Å². The number of rotatable bonds is 4. The average Bonchev–Trinajstić information content (AvgIpc) is 2.98. The number of aliphatic hydroxyl groups is 2.